The van der Waals surface area contributed by atoms with Gasteiger partial charge in [0.25, 0.3) is 0 Å². The number of halogens is 1. The average molecular weight is 274 g/mol. The van der Waals surface area contributed by atoms with Crippen molar-refractivity contribution >= 4 is 6.29 Å². The predicted molar refractivity (Wildman–Crippen MR) is 73.3 cm³/mol. The highest BCUT2D eigenvalue weighted by molar-refractivity contribution is 5.79. The minimum absolute atomic E-state index is 0.119. The number of benzene rings is 2. The summed E-state index contributed by atoms with van der Waals surface area (Å²) in [5.74, 6) is -0.767. The van der Waals surface area contributed by atoms with E-state index in [-0.39, 0.29) is 17.9 Å². The lowest BCUT2D eigenvalue weighted by Crippen LogP contribution is -2.29. The fourth-order valence-corrected chi connectivity index (χ4v) is 1.86. The summed E-state index contributed by atoms with van der Waals surface area (Å²) in [6, 6.07) is 13.0. The number of aliphatic hydroxyl groups is 1. The molecule has 2 rings (SSSR count). The molecule has 2 aromatic carbocycles. The van der Waals surface area contributed by atoms with Crippen molar-refractivity contribution in [3.05, 3.63) is 65.5 Å². The van der Waals surface area contributed by atoms with Gasteiger partial charge in [0.15, 0.2) is 17.9 Å². The molecule has 0 aliphatic rings. The van der Waals surface area contributed by atoms with E-state index < -0.39 is 11.4 Å². The third-order valence-corrected chi connectivity index (χ3v) is 3.02. The molecule has 0 aliphatic heterocycles. The van der Waals surface area contributed by atoms with Crippen molar-refractivity contribution in [3.63, 3.8) is 0 Å². The number of aldehydes is 1. The van der Waals surface area contributed by atoms with Gasteiger partial charge in [-0.1, -0.05) is 36.4 Å². The van der Waals surface area contributed by atoms with Crippen LogP contribution < -0.4 is 4.74 Å². The Morgan fingerprint density at radius 2 is 1.90 bits per heavy atom. The Hall–Kier alpha value is -2.20. The molecular weight excluding hydrogens is 259 g/mol. The largest absolute Gasteiger partial charge is 0.486 e. The van der Waals surface area contributed by atoms with Crippen LogP contribution in [0.4, 0.5) is 4.39 Å². The zero-order chi connectivity index (χ0) is 14.6. The summed E-state index contributed by atoms with van der Waals surface area (Å²) >= 11 is 0. The quantitative estimate of drug-likeness (QED) is 0.853. The van der Waals surface area contributed by atoms with Crippen LogP contribution in [0.1, 0.15) is 22.8 Å². The second-order valence-corrected chi connectivity index (χ2v) is 4.70. The summed E-state index contributed by atoms with van der Waals surface area (Å²) in [7, 11) is 0. The van der Waals surface area contributed by atoms with Crippen molar-refractivity contribution in [2.45, 2.75) is 12.5 Å². The Balaban J connectivity index is 2.19. The van der Waals surface area contributed by atoms with Gasteiger partial charge in [-0.2, -0.15) is 0 Å². The standard InChI is InChI=1S/C16H15FO3/c1-16(19,13-7-3-2-4-8-13)11-20-15-12(10-18)6-5-9-14(15)17/h2-10,19H,11H2,1H3. The van der Waals surface area contributed by atoms with Crippen LogP contribution >= 0.6 is 0 Å². The van der Waals surface area contributed by atoms with E-state index in [9.17, 15) is 14.3 Å². The first kappa shape index (κ1) is 14.2. The maximum Gasteiger partial charge on any atom is 0.165 e. The maximum atomic E-state index is 13.6. The van der Waals surface area contributed by atoms with Crippen LogP contribution in [0.3, 0.4) is 0 Å². The monoisotopic (exact) mass is 274 g/mol. The molecule has 0 amide bonds. The molecule has 0 bridgehead atoms. The molecule has 0 radical (unpaired) electrons. The Labute approximate surface area is 116 Å². The molecule has 3 nitrogen and oxygen atoms in total. The van der Waals surface area contributed by atoms with E-state index in [4.69, 9.17) is 4.74 Å². The fraction of sp³-hybridized carbons (Fsp3) is 0.188. The fourth-order valence-electron chi connectivity index (χ4n) is 1.86. The van der Waals surface area contributed by atoms with Gasteiger partial charge in [0.2, 0.25) is 0 Å². The lowest BCUT2D eigenvalue weighted by Gasteiger charge is -2.24. The third-order valence-electron chi connectivity index (χ3n) is 3.02. The molecule has 0 heterocycles. The number of ether oxygens (including phenoxy) is 1. The van der Waals surface area contributed by atoms with Gasteiger partial charge in [0.05, 0.1) is 5.56 Å². The SMILES string of the molecule is CC(O)(COc1c(F)cccc1C=O)c1ccccc1. The number of hydrogen-bond donors (Lipinski definition) is 1. The van der Waals surface area contributed by atoms with Gasteiger partial charge in [0, 0.05) is 0 Å². The van der Waals surface area contributed by atoms with E-state index >= 15 is 0 Å². The molecule has 104 valence electrons. The molecular formula is C16H15FO3. The van der Waals surface area contributed by atoms with E-state index in [1.54, 1.807) is 31.2 Å². The van der Waals surface area contributed by atoms with Crippen LogP contribution in [0.25, 0.3) is 0 Å². The van der Waals surface area contributed by atoms with E-state index in [2.05, 4.69) is 0 Å². The van der Waals surface area contributed by atoms with E-state index in [0.717, 1.165) is 0 Å². The molecule has 2 aromatic rings. The number of carbonyl (C=O) groups is 1. The highest BCUT2D eigenvalue weighted by atomic mass is 19.1. The van der Waals surface area contributed by atoms with Crippen LogP contribution in [0.2, 0.25) is 0 Å². The van der Waals surface area contributed by atoms with E-state index in [0.29, 0.717) is 11.8 Å². The van der Waals surface area contributed by atoms with Crippen LogP contribution in [-0.2, 0) is 5.60 Å². The minimum Gasteiger partial charge on any atom is -0.486 e. The Morgan fingerprint density at radius 1 is 1.20 bits per heavy atom. The number of hydrogen-bond acceptors (Lipinski definition) is 3. The second kappa shape index (κ2) is 5.84. The van der Waals surface area contributed by atoms with Crippen LogP contribution in [0.5, 0.6) is 5.75 Å². The van der Waals surface area contributed by atoms with Gasteiger partial charge in [-0.05, 0) is 24.6 Å². The smallest absolute Gasteiger partial charge is 0.165 e. The first-order valence-corrected chi connectivity index (χ1v) is 6.19. The van der Waals surface area contributed by atoms with Gasteiger partial charge in [0.1, 0.15) is 12.2 Å². The van der Waals surface area contributed by atoms with Gasteiger partial charge in [-0.3, -0.25) is 4.79 Å². The number of para-hydroxylation sites is 1. The molecule has 4 heteroatoms. The molecule has 1 unspecified atom stereocenters. The summed E-state index contributed by atoms with van der Waals surface area (Å²) in [4.78, 5) is 10.9. The van der Waals surface area contributed by atoms with Gasteiger partial charge in [-0.25, -0.2) is 4.39 Å². The van der Waals surface area contributed by atoms with Crippen molar-refractivity contribution in [1.82, 2.24) is 0 Å². The van der Waals surface area contributed by atoms with E-state index in [1.165, 1.54) is 18.2 Å². The number of carbonyl (C=O) groups excluding carboxylic acids is 1. The highest BCUT2D eigenvalue weighted by Gasteiger charge is 2.25. The first-order valence-electron chi connectivity index (χ1n) is 6.19. The second-order valence-electron chi connectivity index (χ2n) is 4.70. The molecule has 0 saturated heterocycles. The topological polar surface area (TPSA) is 46.5 Å². The Kier molecular flexibility index (Phi) is 4.15. The predicted octanol–water partition coefficient (Wildman–Crippen LogP) is 2.92. The van der Waals surface area contributed by atoms with Gasteiger partial charge >= 0.3 is 0 Å². The zero-order valence-electron chi connectivity index (χ0n) is 11.0. The lowest BCUT2D eigenvalue weighted by atomic mass is 9.97. The zero-order valence-corrected chi connectivity index (χ0v) is 11.0. The van der Waals surface area contributed by atoms with Gasteiger partial charge in [-0.15, -0.1) is 0 Å². The maximum absolute atomic E-state index is 13.6. The number of rotatable bonds is 5. The molecule has 0 spiro atoms. The first-order chi connectivity index (χ1) is 9.54. The molecule has 1 N–H and O–H groups in total. The minimum atomic E-state index is -1.27. The summed E-state index contributed by atoms with van der Waals surface area (Å²) < 4.78 is 19.0. The summed E-state index contributed by atoms with van der Waals surface area (Å²) in [5, 5.41) is 10.4. The van der Waals surface area contributed by atoms with Crippen LogP contribution in [0.15, 0.2) is 48.5 Å². The summed E-state index contributed by atoms with van der Waals surface area (Å²) in [6.45, 7) is 1.42. The van der Waals surface area contributed by atoms with Crippen molar-refractivity contribution < 1.29 is 19.0 Å². The van der Waals surface area contributed by atoms with Crippen molar-refractivity contribution in [2.75, 3.05) is 6.61 Å². The van der Waals surface area contributed by atoms with Crippen molar-refractivity contribution in [1.29, 1.82) is 0 Å². The molecule has 0 aliphatic carbocycles. The Bertz CT molecular complexity index is 594. The van der Waals surface area contributed by atoms with Crippen LogP contribution in [-0.4, -0.2) is 18.0 Å². The van der Waals surface area contributed by atoms with Crippen molar-refractivity contribution in [3.8, 4) is 5.75 Å². The van der Waals surface area contributed by atoms with Crippen LogP contribution in [0, 0.1) is 5.82 Å². The summed E-state index contributed by atoms with van der Waals surface area (Å²) in [5.41, 5.74) is -0.498. The molecule has 0 saturated carbocycles. The highest BCUT2D eigenvalue weighted by Crippen LogP contribution is 2.25. The molecule has 0 aromatic heterocycles. The molecule has 20 heavy (non-hydrogen) atoms. The normalized spacial score (nSPS) is 13.6. The average Bonchev–Trinajstić information content (AvgIpc) is 2.46. The molecule has 0 fully saturated rings. The van der Waals surface area contributed by atoms with Gasteiger partial charge < -0.3 is 9.84 Å². The molecule has 1 atom stereocenters. The lowest BCUT2D eigenvalue weighted by molar-refractivity contribution is 0.00621. The van der Waals surface area contributed by atoms with Crippen molar-refractivity contribution in [2.24, 2.45) is 0 Å². The van der Waals surface area contributed by atoms with E-state index in [1.807, 2.05) is 6.07 Å². The Morgan fingerprint density at radius 3 is 2.55 bits per heavy atom. The summed E-state index contributed by atoms with van der Waals surface area (Å²) in [6.07, 6.45) is 0.523. The third kappa shape index (κ3) is 3.03.